The zero-order valence-electron chi connectivity index (χ0n) is 23.4. The van der Waals surface area contributed by atoms with Crippen molar-refractivity contribution < 1.29 is 85.1 Å². The molecular weight excluding hydrogens is 590 g/mol. The summed E-state index contributed by atoms with van der Waals surface area (Å²) in [6.07, 6.45) is 3.86. The molecule has 0 spiro atoms. The van der Waals surface area contributed by atoms with Crippen molar-refractivity contribution >= 4 is 20.2 Å². The molecule has 0 aliphatic heterocycles. The molecular formula is C25H28N6Na2O6S2. The summed E-state index contributed by atoms with van der Waals surface area (Å²) in [6, 6.07) is 16.3. The fourth-order valence-corrected chi connectivity index (χ4v) is 5.39. The van der Waals surface area contributed by atoms with Crippen molar-refractivity contribution in [1.29, 1.82) is 0 Å². The fourth-order valence-electron chi connectivity index (χ4n) is 4.41. The summed E-state index contributed by atoms with van der Waals surface area (Å²) in [4.78, 5) is 0. The van der Waals surface area contributed by atoms with E-state index in [-0.39, 0.29) is 70.5 Å². The first-order valence-corrected chi connectivity index (χ1v) is 15.3. The summed E-state index contributed by atoms with van der Waals surface area (Å²) in [7, 11) is -8.80. The van der Waals surface area contributed by atoms with Crippen LogP contribution in [0.3, 0.4) is 0 Å². The Balaban J connectivity index is 0.00000294. The molecule has 4 aromatic rings. The average molecular weight is 619 g/mol. The molecule has 0 aliphatic carbocycles. The molecule has 4 rings (SSSR count). The quantitative estimate of drug-likeness (QED) is 0.114. The van der Waals surface area contributed by atoms with E-state index in [2.05, 4.69) is 58.7 Å². The molecule has 0 saturated carbocycles. The minimum absolute atomic E-state index is 0. The minimum Gasteiger partial charge on any atom is -0.748 e. The Kier molecular flexibility index (Phi) is 13.4. The Labute approximate surface area is 284 Å². The van der Waals surface area contributed by atoms with Crippen LogP contribution in [0.5, 0.6) is 0 Å². The molecule has 0 radical (unpaired) electrons. The first-order valence-electron chi connectivity index (χ1n) is 12.2. The third-order valence-electron chi connectivity index (χ3n) is 6.32. The van der Waals surface area contributed by atoms with Crippen LogP contribution in [0.4, 0.5) is 0 Å². The van der Waals surface area contributed by atoms with Crippen LogP contribution in [0.1, 0.15) is 65.7 Å². The summed E-state index contributed by atoms with van der Waals surface area (Å²) in [6.45, 7) is 5.18. The second kappa shape index (κ2) is 15.3. The van der Waals surface area contributed by atoms with E-state index >= 15 is 0 Å². The standard InChI is InChI=1S/C25H30N6O6S2.2Na/c1-18(22-7-3-20(4-8-22)12-30-14-24(26-28-30)16-38(32,33)34)11-19(2)23-9-5-21(6-10-23)13-31-15-25(27-29-31)17-39(35,36)37;;/h3-10,14-15,18-19H,11-13,16-17H2,1-2H3,(H,32,33,34)(H,35,36,37);;/q;2*+1/p-2. The van der Waals surface area contributed by atoms with Crippen LogP contribution >= 0.6 is 0 Å². The van der Waals surface area contributed by atoms with E-state index in [1.54, 1.807) is 0 Å². The molecule has 0 fully saturated rings. The second-order valence-corrected chi connectivity index (χ2v) is 12.5. The zero-order chi connectivity index (χ0) is 28.2. The monoisotopic (exact) mass is 618 g/mol. The molecule has 0 aliphatic rings. The van der Waals surface area contributed by atoms with E-state index in [1.165, 1.54) is 32.9 Å². The van der Waals surface area contributed by atoms with Crippen LogP contribution < -0.4 is 59.1 Å². The molecule has 2 unspecified atom stereocenters. The van der Waals surface area contributed by atoms with Gasteiger partial charge in [0, 0.05) is 12.4 Å². The van der Waals surface area contributed by atoms with Crippen molar-refractivity contribution in [1.82, 2.24) is 30.0 Å². The average Bonchev–Trinajstić information content (AvgIpc) is 3.46. The van der Waals surface area contributed by atoms with Crippen LogP contribution in [0.15, 0.2) is 60.9 Å². The molecule has 41 heavy (non-hydrogen) atoms. The van der Waals surface area contributed by atoms with Gasteiger partial charge in [-0.3, -0.25) is 0 Å². The number of rotatable bonds is 12. The summed E-state index contributed by atoms with van der Waals surface area (Å²) in [5, 5.41) is 15.3. The Morgan fingerprint density at radius 2 is 1.00 bits per heavy atom. The maximum Gasteiger partial charge on any atom is 1.00 e. The third kappa shape index (κ3) is 11.6. The summed E-state index contributed by atoms with van der Waals surface area (Å²) < 4.78 is 68.4. The van der Waals surface area contributed by atoms with Crippen molar-refractivity contribution in [3.63, 3.8) is 0 Å². The van der Waals surface area contributed by atoms with Gasteiger partial charge in [-0.1, -0.05) is 72.8 Å². The normalized spacial score (nSPS) is 13.2. The summed E-state index contributed by atoms with van der Waals surface area (Å²) >= 11 is 0. The van der Waals surface area contributed by atoms with Crippen LogP contribution in [0.25, 0.3) is 0 Å². The predicted octanol–water partition coefficient (Wildman–Crippen LogP) is -3.64. The van der Waals surface area contributed by atoms with Gasteiger partial charge >= 0.3 is 59.1 Å². The van der Waals surface area contributed by atoms with E-state index in [1.807, 2.05) is 24.3 Å². The van der Waals surface area contributed by atoms with E-state index in [0.29, 0.717) is 24.9 Å². The largest absolute Gasteiger partial charge is 1.00 e. The first kappa shape index (κ1) is 35.7. The molecule has 2 atom stereocenters. The van der Waals surface area contributed by atoms with Gasteiger partial charge in [-0.25, -0.2) is 26.2 Å². The molecule has 2 aromatic heterocycles. The molecule has 0 N–H and O–H groups in total. The molecule has 2 heterocycles. The Morgan fingerprint density at radius 1 is 0.659 bits per heavy atom. The maximum absolute atomic E-state index is 10.9. The Hall–Kier alpha value is -1.46. The van der Waals surface area contributed by atoms with Gasteiger partial charge in [0.25, 0.3) is 0 Å². The number of hydrogen-bond acceptors (Lipinski definition) is 10. The van der Waals surface area contributed by atoms with Crippen LogP contribution in [-0.2, 0) is 44.8 Å². The van der Waals surface area contributed by atoms with E-state index in [0.717, 1.165) is 17.5 Å². The minimum atomic E-state index is -4.40. The number of benzene rings is 2. The second-order valence-electron chi connectivity index (χ2n) is 9.74. The first-order chi connectivity index (χ1) is 18.3. The van der Waals surface area contributed by atoms with Crippen LogP contribution in [0.2, 0.25) is 0 Å². The predicted molar refractivity (Wildman–Crippen MR) is 139 cm³/mol. The topological polar surface area (TPSA) is 176 Å². The van der Waals surface area contributed by atoms with Crippen LogP contribution in [-0.4, -0.2) is 55.9 Å². The van der Waals surface area contributed by atoms with Gasteiger partial charge in [0.2, 0.25) is 0 Å². The number of hydrogen-bond donors (Lipinski definition) is 0. The van der Waals surface area contributed by atoms with Crippen molar-refractivity contribution in [3.8, 4) is 0 Å². The van der Waals surface area contributed by atoms with Crippen molar-refractivity contribution in [3.05, 3.63) is 94.6 Å². The molecule has 0 saturated heterocycles. The Morgan fingerprint density at radius 3 is 1.32 bits per heavy atom. The van der Waals surface area contributed by atoms with Gasteiger partial charge in [-0.05, 0) is 40.5 Å². The van der Waals surface area contributed by atoms with Crippen molar-refractivity contribution in [2.24, 2.45) is 0 Å². The van der Waals surface area contributed by atoms with Gasteiger partial charge in [0.1, 0.15) is 20.2 Å². The van der Waals surface area contributed by atoms with E-state index in [4.69, 9.17) is 0 Å². The molecule has 12 nitrogen and oxygen atoms in total. The SMILES string of the molecule is CC(CC(C)c1ccc(Cn2cc(CS(=O)(=O)[O-])nn2)cc1)c1ccc(Cn2cc(CS(=O)(=O)[O-])nn2)cc1.[Na+].[Na+]. The van der Waals surface area contributed by atoms with Gasteiger partial charge < -0.3 is 9.11 Å². The molecule has 2 aromatic carbocycles. The third-order valence-corrected chi connectivity index (χ3v) is 7.61. The molecule has 0 amide bonds. The number of aromatic nitrogens is 6. The maximum atomic E-state index is 10.9. The van der Waals surface area contributed by atoms with Crippen molar-refractivity contribution in [2.45, 2.75) is 56.7 Å². The van der Waals surface area contributed by atoms with E-state index < -0.39 is 31.7 Å². The van der Waals surface area contributed by atoms with Crippen molar-refractivity contribution in [2.75, 3.05) is 0 Å². The van der Waals surface area contributed by atoms with Gasteiger partial charge in [-0.2, -0.15) is 0 Å². The Bertz CT molecular complexity index is 1500. The van der Waals surface area contributed by atoms with Crippen LogP contribution in [0, 0.1) is 0 Å². The van der Waals surface area contributed by atoms with Gasteiger partial charge in [-0.15, -0.1) is 10.2 Å². The molecule has 208 valence electrons. The van der Waals surface area contributed by atoms with E-state index in [9.17, 15) is 25.9 Å². The fraction of sp³-hybridized carbons (Fsp3) is 0.360. The summed E-state index contributed by atoms with van der Waals surface area (Å²) in [5.74, 6) is -0.741. The molecule has 16 heteroatoms. The molecule has 0 bridgehead atoms. The zero-order valence-corrected chi connectivity index (χ0v) is 29.0. The van der Waals surface area contributed by atoms with Gasteiger partial charge in [0.05, 0.1) is 36.0 Å². The van der Waals surface area contributed by atoms with Gasteiger partial charge in [0.15, 0.2) is 0 Å². The smallest absolute Gasteiger partial charge is 0.748 e. The number of nitrogens with zero attached hydrogens (tertiary/aromatic N) is 6. The summed E-state index contributed by atoms with van der Waals surface area (Å²) in [5.41, 5.74) is 4.59.